The monoisotopic (exact) mass is 390 g/mol. The third kappa shape index (κ3) is 5.87. The fraction of sp³-hybridized carbons (Fsp3) is 0.588. The van der Waals surface area contributed by atoms with Crippen LogP contribution in [0.25, 0.3) is 0 Å². The van der Waals surface area contributed by atoms with Crippen LogP contribution >= 0.6 is 12.4 Å². The highest BCUT2D eigenvalue weighted by molar-refractivity contribution is 7.92. The number of nitrogens with one attached hydrogen (secondary N) is 1. The van der Waals surface area contributed by atoms with Crippen molar-refractivity contribution in [3.8, 4) is 5.75 Å². The van der Waals surface area contributed by atoms with Crippen molar-refractivity contribution in [2.45, 2.75) is 19.9 Å². The predicted molar refractivity (Wildman–Crippen MR) is 101 cm³/mol. The smallest absolute Gasteiger partial charge is 0.238 e. The third-order valence-corrected chi connectivity index (χ3v) is 5.85. The quantitative estimate of drug-likeness (QED) is 0.799. The Balaban J connectivity index is 0.00000312. The summed E-state index contributed by atoms with van der Waals surface area (Å²) in [5.41, 5.74) is 0.891. The first-order valence-corrected chi connectivity index (χ1v) is 9.99. The Labute approximate surface area is 156 Å². The van der Waals surface area contributed by atoms with Crippen LogP contribution in [0.2, 0.25) is 0 Å². The van der Waals surface area contributed by atoms with Crippen LogP contribution < -0.4 is 10.1 Å². The number of hydrogen-bond donors (Lipinski definition) is 1. The van der Waals surface area contributed by atoms with Crippen LogP contribution in [-0.4, -0.2) is 57.5 Å². The van der Waals surface area contributed by atoms with Gasteiger partial charge in [-0.1, -0.05) is 32.0 Å². The molecule has 1 unspecified atom stereocenters. The van der Waals surface area contributed by atoms with Crippen molar-refractivity contribution in [1.82, 2.24) is 10.2 Å². The molecule has 1 amide bonds. The average Bonchev–Trinajstić information content (AvgIpc) is 2.53. The SMILES string of the molecule is COc1ccccc1C1CNCCN1C(=O)CS(=O)(=O)CC(C)C.Cl. The number of piperazine rings is 1. The summed E-state index contributed by atoms with van der Waals surface area (Å²) in [6.07, 6.45) is 0. The van der Waals surface area contributed by atoms with Crippen molar-refractivity contribution >= 4 is 28.2 Å². The molecule has 1 aliphatic heterocycles. The number of para-hydroxylation sites is 1. The summed E-state index contributed by atoms with van der Waals surface area (Å²) in [4.78, 5) is 14.3. The molecule has 0 aromatic heterocycles. The van der Waals surface area contributed by atoms with Crippen LogP contribution in [0.4, 0.5) is 0 Å². The van der Waals surface area contributed by atoms with Crippen molar-refractivity contribution in [3.05, 3.63) is 29.8 Å². The van der Waals surface area contributed by atoms with Crippen LogP contribution in [-0.2, 0) is 14.6 Å². The van der Waals surface area contributed by atoms with Gasteiger partial charge in [-0.05, 0) is 12.0 Å². The minimum Gasteiger partial charge on any atom is -0.496 e. The molecule has 1 heterocycles. The summed E-state index contributed by atoms with van der Waals surface area (Å²) in [6.45, 7) is 5.39. The second kappa shape index (κ2) is 9.40. The zero-order valence-electron chi connectivity index (χ0n) is 14.9. The molecule has 6 nitrogen and oxygen atoms in total. The lowest BCUT2D eigenvalue weighted by Crippen LogP contribution is -2.50. The van der Waals surface area contributed by atoms with E-state index in [9.17, 15) is 13.2 Å². The van der Waals surface area contributed by atoms with E-state index in [4.69, 9.17) is 4.74 Å². The molecule has 8 heteroatoms. The van der Waals surface area contributed by atoms with Gasteiger partial charge in [0.25, 0.3) is 0 Å². The first-order valence-electron chi connectivity index (χ1n) is 8.17. The van der Waals surface area contributed by atoms with Gasteiger partial charge in [0.1, 0.15) is 11.5 Å². The number of hydrogen-bond acceptors (Lipinski definition) is 5. The van der Waals surface area contributed by atoms with Crippen molar-refractivity contribution in [2.75, 3.05) is 38.2 Å². The molecule has 0 bridgehead atoms. The Morgan fingerprint density at radius 1 is 1.36 bits per heavy atom. The van der Waals surface area contributed by atoms with Gasteiger partial charge in [-0.25, -0.2) is 8.42 Å². The molecule has 1 aromatic rings. The number of methoxy groups -OCH3 is 1. The number of carbonyl (C=O) groups excluding carboxylic acids is 1. The van der Waals surface area contributed by atoms with Crippen molar-refractivity contribution in [3.63, 3.8) is 0 Å². The number of carbonyl (C=O) groups is 1. The van der Waals surface area contributed by atoms with E-state index in [1.54, 1.807) is 12.0 Å². The second-order valence-corrected chi connectivity index (χ2v) is 8.61. The van der Waals surface area contributed by atoms with E-state index in [-0.39, 0.29) is 36.0 Å². The van der Waals surface area contributed by atoms with Crippen LogP contribution in [0.3, 0.4) is 0 Å². The van der Waals surface area contributed by atoms with Gasteiger partial charge in [-0.2, -0.15) is 0 Å². The number of amides is 1. The second-order valence-electron chi connectivity index (χ2n) is 6.50. The molecule has 1 aliphatic rings. The summed E-state index contributed by atoms with van der Waals surface area (Å²) in [5.74, 6) is -0.0287. The zero-order chi connectivity index (χ0) is 17.7. The van der Waals surface area contributed by atoms with Crippen LogP contribution in [0.1, 0.15) is 25.5 Å². The molecule has 1 fully saturated rings. The first-order chi connectivity index (χ1) is 11.3. The van der Waals surface area contributed by atoms with Gasteiger partial charge in [0.05, 0.1) is 18.9 Å². The van der Waals surface area contributed by atoms with Crippen molar-refractivity contribution in [1.29, 1.82) is 0 Å². The van der Waals surface area contributed by atoms with Gasteiger partial charge in [-0.15, -0.1) is 12.4 Å². The maximum atomic E-state index is 12.7. The molecule has 2 rings (SSSR count). The summed E-state index contributed by atoms with van der Waals surface area (Å²) in [7, 11) is -1.80. The minimum atomic E-state index is -3.39. The Morgan fingerprint density at radius 2 is 2.04 bits per heavy atom. The highest BCUT2D eigenvalue weighted by atomic mass is 35.5. The van der Waals surface area contributed by atoms with E-state index in [0.29, 0.717) is 25.4 Å². The average molecular weight is 391 g/mol. The molecule has 142 valence electrons. The molecule has 1 saturated heterocycles. The Morgan fingerprint density at radius 3 is 2.68 bits per heavy atom. The molecule has 1 N–H and O–H groups in total. The number of sulfone groups is 1. The molecule has 1 aromatic carbocycles. The van der Waals surface area contributed by atoms with E-state index in [1.807, 2.05) is 38.1 Å². The van der Waals surface area contributed by atoms with Crippen molar-refractivity contribution < 1.29 is 17.9 Å². The number of halogens is 1. The molecule has 25 heavy (non-hydrogen) atoms. The number of nitrogens with zero attached hydrogens (tertiary/aromatic N) is 1. The van der Waals surface area contributed by atoms with Gasteiger partial charge >= 0.3 is 0 Å². The number of ether oxygens (including phenoxy) is 1. The fourth-order valence-corrected chi connectivity index (χ4v) is 4.74. The van der Waals surface area contributed by atoms with Gasteiger partial charge in [-0.3, -0.25) is 4.79 Å². The summed E-state index contributed by atoms with van der Waals surface area (Å²) < 4.78 is 29.7. The first kappa shape index (κ1) is 21.7. The van der Waals surface area contributed by atoms with Gasteiger partial charge in [0.15, 0.2) is 9.84 Å². The maximum absolute atomic E-state index is 12.7. The van der Waals surface area contributed by atoms with E-state index in [0.717, 1.165) is 5.56 Å². The van der Waals surface area contributed by atoms with Crippen LogP contribution in [0.5, 0.6) is 5.75 Å². The highest BCUT2D eigenvalue weighted by Crippen LogP contribution is 2.30. The largest absolute Gasteiger partial charge is 0.496 e. The zero-order valence-corrected chi connectivity index (χ0v) is 16.5. The Hall–Kier alpha value is -1.31. The standard InChI is InChI=1S/C17H26N2O4S.ClH/c1-13(2)11-24(21,22)12-17(20)19-9-8-18-10-15(19)14-6-4-5-7-16(14)23-3;/h4-7,13,15,18H,8-12H2,1-3H3;1H. The fourth-order valence-electron chi connectivity index (χ4n) is 3.06. The van der Waals surface area contributed by atoms with E-state index < -0.39 is 15.6 Å². The van der Waals surface area contributed by atoms with E-state index >= 15 is 0 Å². The highest BCUT2D eigenvalue weighted by Gasteiger charge is 2.32. The minimum absolute atomic E-state index is 0. The molecule has 0 saturated carbocycles. The lowest BCUT2D eigenvalue weighted by molar-refractivity contribution is -0.131. The molecular weight excluding hydrogens is 364 g/mol. The summed E-state index contributed by atoms with van der Waals surface area (Å²) in [5, 5.41) is 3.27. The van der Waals surface area contributed by atoms with Crippen LogP contribution in [0, 0.1) is 5.92 Å². The van der Waals surface area contributed by atoms with Gasteiger partial charge in [0, 0.05) is 25.2 Å². The van der Waals surface area contributed by atoms with E-state index in [2.05, 4.69) is 5.32 Å². The Bertz CT molecular complexity index is 679. The summed E-state index contributed by atoms with van der Waals surface area (Å²) >= 11 is 0. The molecule has 1 atom stereocenters. The normalized spacial score (nSPS) is 17.9. The van der Waals surface area contributed by atoms with Gasteiger partial charge < -0.3 is 15.0 Å². The molecular formula is C17H27ClN2O4S. The number of benzene rings is 1. The lowest BCUT2D eigenvalue weighted by atomic mass is 10.0. The molecule has 0 spiro atoms. The number of rotatable bonds is 6. The van der Waals surface area contributed by atoms with Crippen LogP contribution in [0.15, 0.2) is 24.3 Å². The Kier molecular flexibility index (Phi) is 8.18. The maximum Gasteiger partial charge on any atom is 0.238 e. The summed E-state index contributed by atoms with van der Waals surface area (Å²) in [6, 6.07) is 7.31. The van der Waals surface area contributed by atoms with E-state index in [1.165, 1.54) is 0 Å². The third-order valence-electron chi connectivity index (χ3n) is 3.99. The topological polar surface area (TPSA) is 75.7 Å². The van der Waals surface area contributed by atoms with Gasteiger partial charge in [0.2, 0.25) is 5.91 Å². The predicted octanol–water partition coefficient (Wildman–Crippen LogP) is 1.66. The lowest BCUT2D eigenvalue weighted by Gasteiger charge is -2.37. The molecule has 0 radical (unpaired) electrons. The van der Waals surface area contributed by atoms with Crippen molar-refractivity contribution in [2.24, 2.45) is 5.92 Å². The molecule has 0 aliphatic carbocycles.